The maximum Gasteiger partial charge on any atom is 0.303 e. The monoisotopic (exact) mass is 328 g/mol. The molecule has 2 N–H and O–H groups in total. The van der Waals surface area contributed by atoms with Gasteiger partial charge < -0.3 is 10.2 Å². The molecule has 2 aromatic rings. The third-order valence-corrected chi connectivity index (χ3v) is 3.29. The molecule has 0 aliphatic rings. The van der Waals surface area contributed by atoms with Crippen molar-refractivity contribution in [2.24, 2.45) is 0 Å². The number of Topliss-reactive ketones (excluding diaryl/α,β-unsaturated/α-hetero) is 1. The lowest BCUT2D eigenvalue weighted by molar-refractivity contribution is -0.136. The summed E-state index contributed by atoms with van der Waals surface area (Å²) < 4.78 is 12.9. The van der Waals surface area contributed by atoms with E-state index in [0.29, 0.717) is 11.3 Å². The number of hydrogen-bond acceptors (Lipinski definition) is 5. The SMILES string of the molecule is N#Cc1cc(Cc2ccc(F)cc2)nc(C(=O)CCC(=O)O)c1O. The molecule has 0 saturated heterocycles. The molecule has 0 bridgehead atoms. The molecule has 1 heterocycles. The zero-order valence-electron chi connectivity index (χ0n) is 12.5. The van der Waals surface area contributed by atoms with E-state index < -0.39 is 23.9 Å². The van der Waals surface area contributed by atoms with Gasteiger partial charge in [0.05, 0.1) is 12.0 Å². The number of pyridine rings is 1. The summed E-state index contributed by atoms with van der Waals surface area (Å²) in [5, 5.41) is 27.7. The number of aromatic hydroxyl groups is 1. The van der Waals surface area contributed by atoms with E-state index in [1.54, 1.807) is 18.2 Å². The molecule has 1 aromatic carbocycles. The van der Waals surface area contributed by atoms with E-state index in [2.05, 4.69) is 4.98 Å². The summed E-state index contributed by atoms with van der Waals surface area (Å²) >= 11 is 0. The number of carbonyl (C=O) groups is 2. The van der Waals surface area contributed by atoms with Crippen LogP contribution >= 0.6 is 0 Å². The van der Waals surface area contributed by atoms with Crippen molar-refractivity contribution in [3.63, 3.8) is 0 Å². The minimum atomic E-state index is -1.15. The topological polar surface area (TPSA) is 111 Å². The van der Waals surface area contributed by atoms with Crippen LogP contribution in [0.4, 0.5) is 4.39 Å². The van der Waals surface area contributed by atoms with Gasteiger partial charge >= 0.3 is 5.97 Å². The number of ketones is 1. The number of carbonyl (C=O) groups excluding carboxylic acids is 1. The van der Waals surface area contributed by atoms with Crippen molar-refractivity contribution < 1.29 is 24.2 Å². The number of nitriles is 1. The van der Waals surface area contributed by atoms with Crippen molar-refractivity contribution in [1.82, 2.24) is 4.98 Å². The Morgan fingerprint density at radius 1 is 1.21 bits per heavy atom. The summed E-state index contributed by atoms with van der Waals surface area (Å²) in [6.45, 7) is 0. The van der Waals surface area contributed by atoms with E-state index in [1.807, 2.05) is 0 Å². The van der Waals surface area contributed by atoms with Gasteiger partial charge in [-0.15, -0.1) is 0 Å². The van der Waals surface area contributed by atoms with Crippen molar-refractivity contribution in [2.45, 2.75) is 19.3 Å². The number of carboxylic acid groups (broad SMARTS) is 1. The highest BCUT2D eigenvalue weighted by Crippen LogP contribution is 2.24. The van der Waals surface area contributed by atoms with Gasteiger partial charge in [0.1, 0.15) is 17.6 Å². The zero-order valence-corrected chi connectivity index (χ0v) is 12.5. The molecule has 0 fully saturated rings. The molecule has 1 aromatic heterocycles. The smallest absolute Gasteiger partial charge is 0.303 e. The van der Waals surface area contributed by atoms with Crippen LogP contribution in [0.2, 0.25) is 0 Å². The second kappa shape index (κ2) is 7.33. The third-order valence-electron chi connectivity index (χ3n) is 3.29. The van der Waals surface area contributed by atoms with Gasteiger partial charge in [-0.05, 0) is 23.8 Å². The quantitative estimate of drug-likeness (QED) is 0.788. The summed E-state index contributed by atoms with van der Waals surface area (Å²) in [7, 11) is 0. The molecule has 0 unspecified atom stereocenters. The second-order valence-electron chi connectivity index (χ2n) is 5.09. The van der Waals surface area contributed by atoms with E-state index in [4.69, 9.17) is 10.4 Å². The molecule has 7 heteroatoms. The maximum absolute atomic E-state index is 12.9. The first-order valence-corrected chi connectivity index (χ1v) is 7.03. The Labute approximate surface area is 136 Å². The number of hydrogen-bond donors (Lipinski definition) is 2. The van der Waals surface area contributed by atoms with Gasteiger partial charge in [-0.25, -0.2) is 9.37 Å². The van der Waals surface area contributed by atoms with Crippen molar-refractivity contribution in [2.75, 3.05) is 0 Å². The Hall–Kier alpha value is -3.27. The number of nitrogens with zero attached hydrogens (tertiary/aromatic N) is 2. The molecule has 0 radical (unpaired) electrons. The Morgan fingerprint density at radius 3 is 2.46 bits per heavy atom. The lowest BCUT2D eigenvalue weighted by Gasteiger charge is -2.08. The first-order valence-electron chi connectivity index (χ1n) is 7.03. The van der Waals surface area contributed by atoms with Crippen molar-refractivity contribution in [3.8, 4) is 11.8 Å². The van der Waals surface area contributed by atoms with Crippen LogP contribution in [-0.4, -0.2) is 26.9 Å². The summed E-state index contributed by atoms with van der Waals surface area (Å²) in [6.07, 6.45) is -0.501. The standard InChI is InChI=1S/C17H13FN2O4/c18-12-3-1-10(2-4-12)7-13-8-11(9-19)17(24)16(20-13)14(21)5-6-15(22)23/h1-4,8,24H,5-7H2,(H,22,23). The fourth-order valence-corrected chi connectivity index (χ4v) is 2.11. The number of halogens is 1. The van der Waals surface area contributed by atoms with Gasteiger partial charge in [0.2, 0.25) is 0 Å². The highest BCUT2D eigenvalue weighted by molar-refractivity contribution is 5.98. The van der Waals surface area contributed by atoms with Crippen molar-refractivity contribution >= 4 is 11.8 Å². The van der Waals surface area contributed by atoms with Crippen LogP contribution in [0.5, 0.6) is 5.75 Å². The molecule has 6 nitrogen and oxygen atoms in total. The van der Waals surface area contributed by atoms with Gasteiger partial charge in [-0.2, -0.15) is 5.26 Å². The average Bonchev–Trinajstić information content (AvgIpc) is 2.56. The van der Waals surface area contributed by atoms with E-state index in [-0.39, 0.29) is 29.9 Å². The van der Waals surface area contributed by atoms with Gasteiger partial charge in [0, 0.05) is 18.5 Å². The number of aromatic nitrogens is 1. The Morgan fingerprint density at radius 2 is 1.88 bits per heavy atom. The molecule has 2 rings (SSSR count). The van der Waals surface area contributed by atoms with E-state index in [1.165, 1.54) is 18.2 Å². The van der Waals surface area contributed by atoms with Crippen molar-refractivity contribution in [3.05, 3.63) is 58.7 Å². The van der Waals surface area contributed by atoms with Crippen molar-refractivity contribution in [1.29, 1.82) is 5.26 Å². The first kappa shape index (κ1) is 17.1. The zero-order chi connectivity index (χ0) is 17.7. The van der Waals surface area contributed by atoms with E-state index in [9.17, 15) is 19.1 Å². The minimum Gasteiger partial charge on any atom is -0.504 e. The molecular formula is C17H13FN2O4. The molecule has 24 heavy (non-hydrogen) atoms. The van der Waals surface area contributed by atoms with Gasteiger partial charge in [0.25, 0.3) is 0 Å². The van der Waals surface area contributed by atoms with Crippen LogP contribution in [0.25, 0.3) is 0 Å². The van der Waals surface area contributed by atoms with Crippen LogP contribution in [0.1, 0.15) is 40.2 Å². The van der Waals surface area contributed by atoms with Crippen LogP contribution in [0.3, 0.4) is 0 Å². The molecule has 0 amide bonds. The molecule has 0 atom stereocenters. The number of benzene rings is 1. The number of carboxylic acids is 1. The third kappa shape index (κ3) is 4.14. The highest BCUT2D eigenvalue weighted by atomic mass is 19.1. The van der Waals surface area contributed by atoms with E-state index >= 15 is 0 Å². The predicted octanol–water partition coefficient (Wildman–Crippen LogP) is 2.44. The molecular weight excluding hydrogens is 315 g/mol. The van der Waals surface area contributed by atoms with Crippen LogP contribution < -0.4 is 0 Å². The molecule has 0 aliphatic carbocycles. The van der Waals surface area contributed by atoms with Crippen LogP contribution in [0.15, 0.2) is 30.3 Å². The Balaban J connectivity index is 2.34. The predicted molar refractivity (Wildman–Crippen MR) is 81.0 cm³/mol. The molecule has 0 aliphatic heterocycles. The Bertz CT molecular complexity index is 826. The Kier molecular flexibility index (Phi) is 5.22. The second-order valence-corrected chi connectivity index (χ2v) is 5.09. The van der Waals surface area contributed by atoms with E-state index in [0.717, 1.165) is 0 Å². The van der Waals surface area contributed by atoms with Gasteiger partial charge in [-0.3, -0.25) is 9.59 Å². The first-order chi connectivity index (χ1) is 11.4. The van der Waals surface area contributed by atoms with Gasteiger partial charge in [0.15, 0.2) is 11.5 Å². The number of aliphatic carboxylic acids is 1. The van der Waals surface area contributed by atoms with Gasteiger partial charge in [-0.1, -0.05) is 12.1 Å². The fraction of sp³-hybridized carbons (Fsp3) is 0.176. The summed E-state index contributed by atoms with van der Waals surface area (Å²) in [5.74, 6) is -2.76. The lowest BCUT2D eigenvalue weighted by Crippen LogP contribution is -2.09. The van der Waals surface area contributed by atoms with Crippen LogP contribution in [0, 0.1) is 17.1 Å². The normalized spacial score (nSPS) is 10.2. The maximum atomic E-state index is 12.9. The molecule has 0 saturated carbocycles. The molecule has 0 spiro atoms. The molecule has 122 valence electrons. The summed E-state index contributed by atoms with van der Waals surface area (Å²) in [5.41, 5.74) is 0.602. The average molecular weight is 328 g/mol. The lowest BCUT2D eigenvalue weighted by atomic mass is 10.0. The minimum absolute atomic E-state index is 0.124. The largest absolute Gasteiger partial charge is 0.504 e. The summed E-state index contributed by atoms with van der Waals surface area (Å²) in [4.78, 5) is 26.6. The number of rotatable bonds is 6. The van der Waals surface area contributed by atoms with Crippen LogP contribution in [-0.2, 0) is 11.2 Å². The highest BCUT2D eigenvalue weighted by Gasteiger charge is 2.19. The fourth-order valence-electron chi connectivity index (χ4n) is 2.11. The summed E-state index contributed by atoms with van der Waals surface area (Å²) in [6, 6.07) is 8.75.